The zero-order valence-corrected chi connectivity index (χ0v) is 7.55. The van der Waals surface area contributed by atoms with E-state index in [2.05, 4.69) is 11.9 Å². The molecule has 0 aromatic heterocycles. The summed E-state index contributed by atoms with van der Waals surface area (Å²) in [7, 11) is 0. The van der Waals surface area contributed by atoms with E-state index < -0.39 is 0 Å². The van der Waals surface area contributed by atoms with Crippen LogP contribution in [0.3, 0.4) is 0 Å². The highest BCUT2D eigenvalue weighted by atomic mass is 16.2. The Hall–Kier alpha value is -0.830. The van der Waals surface area contributed by atoms with E-state index in [0.29, 0.717) is 6.54 Å². The van der Waals surface area contributed by atoms with Crippen LogP contribution < -0.4 is 5.32 Å². The van der Waals surface area contributed by atoms with Crippen LogP contribution in [0.5, 0.6) is 0 Å². The van der Waals surface area contributed by atoms with E-state index in [1.165, 1.54) is 0 Å². The van der Waals surface area contributed by atoms with Gasteiger partial charge in [0.05, 0.1) is 6.04 Å². The molecule has 1 atom stereocenters. The van der Waals surface area contributed by atoms with Crippen LogP contribution in [-0.4, -0.2) is 36.5 Å². The van der Waals surface area contributed by atoms with Crippen molar-refractivity contribution < 1.29 is 4.79 Å². The summed E-state index contributed by atoms with van der Waals surface area (Å²) in [5.74, 6) is 0.219. The van der Waals surface area contributed by atoms with Crippen molar-refractivity contribution in [3.8, 4) is 0 Å². The van der Waals surface area contributed by atoms with Gasteiger partial charge >= 0.3 is 0 Å². The zero-order valence-electron chi connectivity index (χ0n) is 7.55. The first-order valence-corrected chi connectivity index (χ1v) is 4.42. The van der Waals surface area contributed by atoms with Crippen LogP contribution in [-0.2, 0) is 4.79 Å². The SMILES string of the molecule is C=CCN1CCC(NCC)C1=O. The van der Waals surface area contributed by atoms with E-state index in [9.17, 15) is 4.79 Å². The summed E-state index contributed by atoms with van der Waals surface area (Å²) in [5.41, 5.74) is 0. The Morgan fingerprint density at radius 2 is 2.58 bits per heavy atom. The second-order valence-corrected chi connectivity index (χ2v) is 2.97. The molecule has 1 heterocycles. The minimum atomic E-state index is 0.0509. The minimum absolute atomic E-state index is 0.0509. The summed E-state index contributed by atoms with van der Waals surface area (Å²) in [6.07, 6.45) is 2.70. The normalized spacial score (nSPS) is 23.2. The summed E-state index contributed by atoms with van der Waals surface area (Å²) in [6, 6.07) is 0.0509. The van der Waals surface area contributed by atoms with Gasteiger partial charge in [-0.3, -0.25) is 4.79 Å². The number of hydrogen-bond acceptors (Lipinski definition) is 2. The Bertz CT molecular complexity index is 179. The summed E-state index contributed by atoms with van der Waals surface area (Å²) >= 11 is 0. The van der Waals surface area contributed by atoms with Crippen LogP contribution in [0, 0.1) is 0 Å². The highest BCUT2D eigenvalue weighted by Gasteiger charge is 2.29. The van der Waals surface area contributed by atoms with Crippen molar-refractivity contribution in [1.29, 1.82) is 0 Å². The number of likely N-dealkylation sites (tertiary alicyclic amines) is 1. The average Bonchev–Trinajstić information content (AvgIpc) is 2.38. The molecule has 68 valence electrons. The molecule has 1 unspecified atom stereocenters. The van der Waals surface area contributed by atoms with Gasteiger partial charge in [0, 0.05) is 13.1 Å². The average molecular weight is 168 g/mol. The number of carbonyl (C=O) groups excluding carboxylic acids is 1. The second-order valence-electron chi connectivity index (χ2n) is 2.97. The minimum Gasteiger partial charge on any atom is -0.338 e. The van der Waals surface area contributed by atoms with Gasteiger partial charge in [-0.1, -0.05) is 13.0 Å². The number of nitrogens with one attached hydrogen (secondary N) is 1. The zero-order chi connectivity index (χ0) is 8.97. The molecule has 0 spiro atoms. The monoisotopic (exact) mass is 168 g/mol. The van der Waals surface area contributed by atoms with Crippen LogP contribution in [0.25, 0.3) is 0 Å². The molecule has 0 aromatic rings. The van der Waals surface area contributed by atoms with Crippen molar-refractivity contribution in [2.24, 2.45) is 0 Å². The molecule has 0 aromatic carbocycles. The largest absolute Gasteiger partial charge is 0.338 e. The molecule has 0 bridgehead atoms. The van der Waals surface area contributed by atoms with E-state index in [4.69, 9.17) is 0 Å². The van der Waals surface area contributed by atoms with Crippen molar-refractivity contribution in [2.75, 3.05) is 19.6 Å². The summed E-state index contributed by atoms with van der Waals surface area (Å²) in [5, 5.41) is 3.16. The summed E-state index contributed by atoms with van der Waals surface area (Å²) in [6.45, 7) is 8.04. The lowest BCUT2D eigenvalue weighted by atomic mass is 10.2. The Balaban J connectivity index is 2.43. The van der Waals surface area contributed by atoms with E-state index in [1.54, 1.807) is 6.08 Å². The molecule has 1 aliphatic rings. The molecule has 3 nitrogen and oxygen atoms in total. The van der Waals surface area contributed by atoms with Gasteiger partial charge in [-0.25, -0.2) is 0 Å². The van der Waals surface area contributed by atoms with Crippen molar-refractivity contribution in [1.82, 2.24) is 10.2 Å². The highest BCUT2D eigenvalue weighted by molar-refractivity contribution is 5.84. The molecule has 0 saturated carbocycles. The van der Waals surface area contributed by atoms with Crippen LogP contribution in [0.15, 0.2) is 12.7 Å². The Morgan fingerprint density at radius 1 is 1.83 bits per heavy atom. The number of hydrogen-bond donors (Lipinski definition) is 1. The maximum atomic E-state index is 11.5. The molecular formula is C9H16N2O. The fourth-order valence-electron chi connectivity index (χ4n) is 1.51. The van der Waals surface area contributed by atoms with Crippen molar-refractivity contribution in [2.45, 2.75) is 19.4 Å². The maximum Gasteiger partial charge on any atom is 0.240 e. The van der Waals surface area contributed by atoms with Crippen molar-refractivity contribution in [3.05, 3.63) is 12.7 Å². The Morgan fingerprint density at radius 3 is 3.17 bits per heavy atom. The summed E-state index contributed by atoms with van der Waals surface area (Å²) < 4.78 is 0. The maximum absolute atomic E-state index is 11.5. The lowest BCUT2D eigenvalue weighted by molar-refractivity contribution is -0.128. The van der Waals surface area contributed by atoms with E-state index in [1.807, 2.05) is 11.8 Å². The molecule has 1 saturated heterocycles. The fraction of sp³-hybridized carbons (Fsp3) is 0.667. The number of nitrogens with zero attached hydrogens (tertiary/aromatic N) is 1. The van der Waals surface area contributed by atoms with Gasteiger partial charge in [-0.15, -0.1) is 6.58 Å². The predicted molar refractivity (Wildman–Crippen MR) is 48.9 cm³/mol. The third kappa shape index (κ3) is 1.85. The number of rotatable bonds is 4. The van der Waals surface area contributed by atoms with E-state index in [-0.39, 0.29) is 11.9 Å². The summed E-state index contributed by atoms with van der Waals surface area (Å²) in [4.78, 5) is 13.3. The first-order chi connectivity index (χ1) is 5.79. The van der Waals surface area contributed by atoms with Gasteiger partial charge in [0.15, 0.2) is 0 Å². The third-order valence-electron chi connectivity index (χ3n) is 2.10. The smallest absolute Gasteiger partial charge is 0.240 e. The standard InChI is InChI=1S/C9H16N2O/c1-3-6-11-7-5-8(9(11)12)10-4-2/h3,8,10H,1,4-7H2,2H3. The fourth-order valence-corrected chi connectivity index (χ4v) is 1.51. The predicted octanol–water partition coefficient (Wildman–Crippen LogP) is 0.383. The van der Waals surface area contributed by atoms with E-state index >= 15 is 0 Å². The molecule has 0 aliphatic carbocycles. The first-order valence-electron chi connectivity index (χ1n) is 4.42. The number of amides is 1. The third-order valence-corrected chi connectivity index (χ3v) is 2.10. The van der Waals surface area contributed by atoms with Crippen molar-refractivity contribution in [3.63, 3.8) is 0 Å². The molecule has 1 N–H and O–H groups in total. The van der Waals surface area contributed by atoms with Gasteiger partial charge in [-0.2, -0.15) is 0 Å². The first kappa shape index (κ1) is 9.26. The lowest BCUT2D eigenvalue weighted by Gasteiger charge is -2.13. The molecule has 0 radical (unpaired) electrons. The van der Waals surface area contributed by atoms with Gasteiger partial charge in [0.2, 0.25) is 5.91 Å². The molecule has 1 rings (SSSR count). The van der Waals surface area contributed by atoms with Crippen LogP contribution in [0.2, 0.25) is 0 Å². The van der Waals surface area contributed by atoms with Gasteiger partial charge in [-0.05, 0) is 13.0 Å². The van der Waals surface area contributed by atoms with Crippen LogP contribution >= 0.6 is 0 Å². The highest BCUT2D eigenvalue weighted by Crippen LogP contribution is 2.10. The number of likely N-dealkylation sites (N-methyl/N-ethyl adjacent to an activating group) is 1. The van der Waals surface area contributed by atoms with Crippen LogP contribution in [0.1, 0.15) is 13.3 Å². The quantitative estimate of drug-likeness (QED) is 0.616. The second kappa shape index (κ2) is 4.26. The van der Waals surface area contributed by atoms with Gasteiger partial charge in [0.25, 0.3) is 0 Å². The molecule has 3 heteroatoms. The number of carbonyl (C=O) groups is 1. The molecular weight excluding hydrogens is 152 g/mol. The van der Waals surface area contributed by atoms with E-state index in [0.717, 1.165) is 19.5 Å². The lowest BCUT2D eigenvalue weighted by Crippen LogP contribution is -2.38. The van der Waals surface area contributed by atoms with Gasteiger partial charge in [0.1, 0.15) is 0 Å². The Kier molecular flexibility index (Phi) is 3.29. The van der Waals surface area contributed by atoms with Crippen LogP contribution in [0.4, 0.5) is 0 Å². The molecule has 12 heavy (non-hydrogen) atoms. The molecule has 1 aliphatic heterocycles. The van der Waals surface area contributed by atoms with Gasteiger partial charge < -0.3 is 10.2 Å². The molecule has 1 fully saturated rings. The Labute approximate surface area is 73.4 Å². The molecule has 1 amide bonds. The topological polar surface area (TPSA) is 32.3 Å². The van der Waals surface area contributed by atoms with Crippen molar-refractivity contribution >= 4 is 5.91 Å².